The molecular formula is C18H38N2S5. The van der Waals surface area contributed by atoms with Crippen molar-refractivity contribution in [2.45, 2.75) is 73.9 Å². The van der Waals surface area contributed by atoms with Crippen LogP contribution in [0.4, 0.5) is 0 Å². The van der Waals surface area contributed by atoms with Crippen molar-refractivity contribution in [1.29, 1.82) is 0 Å². The first-order chi connectivity index (χ1) is 11.8. The van der Waals surface area contributed by atoms with Gasteiger partial charge in [0.2, 0.25) is 0 Å². The number of aromatic nitrogens is 2. The predicted molar refractivity (Wildman–Crippen MR) is 129 cm³/mol. The van der Waals surface area contributed by atoms with Crippen LogP contribution >= 0.6 is 51.0 Å². The van der Waals surface area contributed by atoms with E-state index >= 15 is 0 Å². The molecule has 1 aromatic heterocycles. The summed E-state index contributed by atoms with van der Waals surface area (Å²) in [5, 5.41) is 8.97. The average Bonchev–Trinajstić information content (AvgIpc) is 2.93. The van der Waals surface area contributed by atoms with Gasteiger partial charge in [-0.3, -0.25) is 0 Å². The quantitative estimate of drug-likeness (QED) is 0.216. The molecule has 0 fully saturated rings. The first kappa shape index (κ1) is 24.0. The molecule has 0 aliphatic carbocycles. The summed E-state index contributed by atoms with van der Waals surface area (Å²) in [6.07, 6.45) is 20.6. The van der Waals surface area contributed by atoms with Gasteiger partial charge in [-0.15, -0.1) is 10.2 Å². The van der Waals surface area contributed by atoms with Crippen molar-refractivity contribution in [2.75, 3.05) is 36.5 Å². The topological polar surface area (TPSA) is 25.8 Å². The monoisotopic (exact) mass is 442 g/mol. The van der Waals surface area contributed by atoms with Crippen molar-refractivity contribution in [2.24, 2.45) is 0 Å². The van der Waals surface area contributed by atoms with Crippen molar-refractivity contribution < 1.29 is 0 Å². The molecule has 0 atom stereocenters. The van der Waals surface area contributed by atoms with Gasteiger partial charge in [0.05, 0.1) is 0 Å². The van der Waals surface area contributed by atoms with E-state index in [2.05, 4.69) is 49.1 Å². The van der Waals surface area contributed by atoms with E-state index in [4.69, 9.17) is 0 Å². The van der Waals surface area contributed by atoms with Gasteiger partial charge in [0.25, 0.3) is 0 Å². The summed E-state index contributed by atoms with van der Waals surface area (Å²) >= 11 is 1.82. The van der Waals surface area contributed by atoms with E-state index < -0.39 is 18.1 Å². The molecule has 150 valence electrons. The van der Waals surface area contributed by atoms with Crippen molar-refractivity contribution in [3.8, 4) is 0 Å². The third-order valence-corrected chi connectivity index (χ3v) is 14.7. The minimum Gasteiger partial charge on any atom is -0.192 e. The maximum atomic E-state index is 4.48. The van der Waals surface area contributed by atoms with Gasteiger partial charge in [-0.05, 0) is 71.0 Å². The highest BCUT2D eigenvalue weighted by Gasteiger charge is 2.20. The molecule has 0 bridgehead atoms. The maximum Gasteiger partial charge on any atom is 0.184 e. The lowest BCUT2D eigenvalue weighted by Gasteiger charge is -2.29. The number of hydrogen-bond donors (Lipinski definition) is 0. The molecule has 0 radical (unpaired) electrons. The molecule has 0 unspecified atom stereocenters. The SMILES string of the molecule is CCCCCCS(C)(C)Sc1nnc(SS(C)(C)CCCCCC)s1. The minimum atomic E-state index is -0.644. The standard InChI is InChI=1S/C18H38N2S5/c1-7-9-11-13-15-24(3,4)22-17-19-20-18(21-17)23-25(5,6)16-14-12-10-8-2/h7-16H2,1-6H3. The number of hydrogen-bond acceptors (Lipinski definition) is 5. The Morgan fingerprint density at radius 2 is 1.08 bits per heavy atom. The maximum absolute atomic E-state index is 4.48. The largest absolute Gasteiger partial charge is 0.192 e. The molecule has 0 aliphatic rings. The third-order valence-electron chi connectivity index (χ3n) is 3.96. The summed E-state index contributed by atoms with van der Waals surface area (Å²) in [4.78, 5) is 0. The molecule has 0 spiro atoms. The highest BCUT2D eigenvalue weighted by molar-refractivity contribution is 8.94. The molecule has 1 rings (SSSR count). The molecule has 0 N–H and O–H groups in total. The second kappa shape index (κ2) is 12.4. The van der Waals surface area contributed by atoms with Crippen LogP contribution in [0.3, 0.4) is 0 Å². The summed E-state index contributed by atoms with van der Waals surface area (Å²) in [7, 11) is 2.71. The molecule has 25 heavy (non-hydrogen) atoms. The van der Waals surface area contributed by atoms with Crippen LogP contribution in [0.5, 0.6) is 0 Å². The van der Waals surface area contributed by atoms with Gasteiger partial charge < -0.3 is 0 Å². The van der Waals surface area contributed by atoms with Crippen LogP contribution in [0, 0.1) is 0 Å². The minimum absolute atomic E-state index is 0.644. The van der Waals surface area contributed by atoms with Crippen LogP contribution in [-0.4, -0.2) is 46.7 Å². The van der Waals surface area contributed by atoms with Crippen LogP contribution in [0.25, 0.3) is 0 Å². The predicted octanol–water partition coefficient (Wildman–Crippen LogP) is 7.84. The molecule has 1 heterocycles. The van der Waals surface area contributed by atoms with Gasteiger partial charge in [0.1, 0.15) is 0 Å². The highest BCUT2D eigenvalue weighted by atomic mass is 33.2. The summed E-state index contributed by atoms with van der Waals surface area (Å²) in [5.41, 5.74) is 0. The lowest BCUT2D eigenvalue weighted by atomic mass is 10.2. The molecule has 0 saturated carbocycles. The van der Waals surface area contributed by atoms with Gasteiger partial charge in [0.15, 0.2) is 8.68 Å². The Bertz CT molecular complexity index is 433. The normalized spacial score (nSPS) is 14.0. The Hall–Kier alpha value is 0.960. The van der Waals surface area contributed by atoms with Crippen LogP contribution in [0.15, 0.2) is 8.68 Å². The van der Waals surface area contributed by atoms with E-state index in [1.807, 2.05) is 32.9 Å². The van der Waals surface area contributed by atoms with Gasteiger partial charge in [-0.25, -0.2) is 0 Å². The zero-order valence-electron chi connectivity index (χ0n) is 17.0. The van der Waals surface area contributed by atoms with E-state index in [1.165, 1.54) is 71.6 Å². The van der Waals surface area contributed by atoms with E-state index in [0.717, 1.165) is 0 Å². The second-order valence-corrected chi connectivity index (χ2v) is 23.0. The Labute approximate surface area is 170 Å². The lowest BCUT2D eigenvalue weighted by Crippen LogP contribution is -1.97. The van der Waals surface area contributed by atoms with Crippen molar-refractivity contribution in [3.05, 3.63) is 0 Å². The fourth-order valence-electron chi connectivity index (χ4n) is 2.49. The summed E-state index contributed by atoms with van der Waals surface area (Å²) in [5.74, 6) is 2.68. The van der Waals surface area contributed by atoms with E-state index in [1.54, 1.807) is 0 Å². The first-order valence-electron chi connectivity index (χ1n) is 9.42. The Morgan fingerprint density at radius 3 is 1.44 bits per heavy atom. The summed E-state index contributed by atoms with van der Waals surface area (Å²) < 4.78 is 2.36. The van der Waals surface area contributed by atoms with E-state index in [-0.39, 0.29) is 0 Å². The Morgan fingerprint density at radius 1 is 0.680 bits per heavy atom. The third kappa shape index (κ3) is 11.4. The van der Waals surface area contributed by atoms with E-state index in [9.17, 15) is 0 Å². The van der Waals surface area contributed by atoms with Crippen molar-refractivity contribution >= 4 is 51.0 Å². The summed E-state index contributed by atoms with van der Waals surface area (Å²) in [6.45, 7) is 4.56. The molecule has 0 amide bonds. The Kier molecular flexibility index (Phi) is 11.9. The molecule has 0 saturated heterocycles. The zero-order chi connectivity index (χ0) is 18.8. The van der Waals surface area contributed by atoms with Crippen LogP contribution in [-0.2, 0) is 0 Å². The molecule has 7 heteroatoms. The van der Waals surface area contributed by atoms with Crippen LogP contribution < -0.4 is 0 Å². The fraction of sp³-hybridized carbons (Fsp3) is 0.889. The van der Waals surface area contributed by atoms with Gasteiger partial charge in [-0.1, -0.05) is 63.7 Å². The van der Waals surface area contributed by atoms with E-state index in [0.29, 0.717) is 0 Å². The number of nitrogens with zero attached hydrogens (tertiary/aromatic N) is 2. The lowest BCUT2D eigenvalue weighted by molar-refractivity contribution is 0.706. The number of unbranched alkanes of at least 4 members (excludes halogenated alkanes) is 6. The van der Waals surface area contributed by atoms with Gasteiger partial charge in [-0.2, -0.15) is 18.1 Å². The molecule has 0 aliphatic heterocycles. The molecule has 0 aromatic carbocycles. The molecular weight excluding hydrogens is 405 g/mol. The fourth-order valence-corrected chi connectivity index (χ4v) is 14.2. The van der Waals surface area contributed by atoms with Crippen molar-refractivity contribution in [1.82, 2.24) is 10.2 Å². The zero-order valence-corrected chi connectivity index (χ0v) is 21.1. The second-order valence-electron chi connectivity index (χ2n) is 7.40. The molecule has 2 nitrogen and oxygen atoms in total. The summed E-state index contributed by atoms with van der Waals surface area (Å²) in [6, 6.07) is 0. The first-order valence-corrected chi connectivity index (χ1v) is 18.1. The van der Waals surface area contributed by atoms with Gasteiger partial charge in [0, 0.05) is 0 Å². The highest BCUT2D eigenvalue weighted by Crippen LogP contribution is 2.61. The Balaban J connectivity index is 2.44. The number of rotatable bonds is 14. The molecule has 1 aromatic rings. The average molecular weight is 443 g/mol. The van der Waals surface area contributed by atoms with Crippen LogP contribution in [0.1, 0.15) is 65.2 Å². The smallest absolute Gasteiger partial charge is 0.184 e. The van der Waals surface area contributed by atoms with Crippen LogP contribution in [0.2, 0.25) is 0 Å². The van der Waals surface area contributed by atoms with Crippen molar-refractivity contribution in [3.63, 3.8) is 0 Å². The van der Waals surface area contributed by atoms with Gasteiger partial charge >= 0.3 is 0 Å².